The van der Waals surface area contributed by atoms with E-state index < -0.39 is 0 Å². The third-order valence-corrected chi connectivity index (χ3v) is 2.43. The molecular weight excluding hydrogens is 236 g/mol. The molecule has 0 atom stereocenters. The van der Waals surface area contributed by atoms with Gasteiger partial charge >= 0.3 is 0 Å². The topological polar surface area (TPSA) is 49.1 Å². The summed E-state index contributed by atoms with van der Waals surface area (Å²) in [5.41, 5.74) is 5.89. The molecule has 4 heteroatoms. The van der Waals surface area contributed by atoms with E-state index in [9.17, 15) is 0 Å². The molecule has 19 heavy (non-hydrogen) atoms. The van der Waals surface area contributed by atoms with Gasteiger partial charge in [-0.15, -0.1) is 10.2 Å². The van der Waals surface area contributed by atoms with E-state index in [0.29, 0.717) is 5.84 Å². The minimum Gasteiger partial charge on any atom is -0.277 e. The standard InChI is InChI=1S/C15H16N4/c1-12-7-6-10-15(11-12)19-17-13(2)16-18-14-8-4-3-5-9-14/h3-11,19H,1-2H3/b17-13+,18-16?. The monoisotopic (exact) mass is 252 g/mol. The van der Waals surface area contributed by atoms with Crippen LogP contribution in [0.1, 0.15) is 12.5 Å². The smallest absolute Gasteiger partial charge is 0.167 e. The zero-order valence-electron chi connectivity index (χ0n) is 11.0. The van der Waals surface area contributed by atoms with Gasteiger partial charge in [0.25, 0.3) is 0 Å². The van der Waals surface area contributed by atoms with Gasteiger partial charge in [-0.3, -0.25) is 5.43 Å². The van der Waals surface area contributed by atoms with Crippen LogP contribution in [-0.4, -0.2) is 5.84 Å². The number of aryl methyl sites for hydroxylation is 1. The SMILES string of the molecule is C/C(N=Nc1ccccc1)=N\Nc1cccc(C)c1. The molecule has 2 aromatic rings. The third-order valence-electron chi connectivity index (χ3n) is 2.43. The zero-order valence-corrected chi connectivity index (χ0v) is 11.0. The van der Waals surface area contributed by atoms with Gasteiger partial charge in [0.2, 0.25) is 0 Å². The number of nitrogens with one attached hydrogen (secondary N) is 1. The van der Waals surface area contributed by atoms with E-state index in [4.69, 9.17) is 0 Å². The predicted octanol–water partition coefficient (Wildman–Crippen LogP) is 4.52. The van der Waals surface area contributed by atoms with Crippen LogP contribution in [0.2, 0.25) is 0 Å². The van der Waals surface area contributed by atoms with Crippen LogP contribution < -0.4 is 5.43 Å². The number of anilines is 1. The van der Waals surface area contributed by atoms with Crippen LogP contribution in [0, 0.1) is 6.92 Å². The maximum atomic E-state index is 4.16. The Bertz CT molecular complexity index is 588. The molecule has 0 amide bonds. The summed E-state index contributed by atoms with van der Waals surface area (Å²) >= 11 is 0. The van der Waals surface area contributed by atoms with E-state index in [1.54, 1.807) is 6.92 Å². The van der Waals surface area contributed by atoms with E-state index in [2.05, 4.69) is 20.8 Å². The number of nitrogens with zero attached hydrogens (tertiary/aromatic N) is 3. The first-order valence-corrected chi connectivity index (χ1v) is 6.08. The number of hydrazone groups is 1. The molecule has 1 N–H and O–H groups in total. The Morgan fingerprint density at radius 2 is 1.79 bits per heavy atom. The molecule has 2 rings (SSSR count). The molecule has 0 radical (unpaired) electrons. The second-order valence-electron chi connectivity index (χ2n) is 4.18. The fourth-order valence-electron chi connectivity index (χ4n) is 1.51. The largest absolute Gasteiger partial charge is 0.277 e. The maximum Gasteiger partial charge on any atom is 0.167 e. The number of benzene rings is 2. The molecule has 0 heterocycles. The highest BCUT2D eigenvalue weighted by Gasteiger charge is 1.91. The van der Waals surface area contributed by atoms with Crippen LogP contribution in [0.25, 0.3) is 0 Å². The van der Waals surface area contributed by atoms with Crippen molar-refractivity contribution in [2.75, 3.05) is 5.43 Å². The molecule has 0 spiro atoms. The molecule has 0 aliphatic rings. The van der Waals surface area contributed by atoms with Crippen molar-refractivity contribution < 1.29 is 0 Å². The molecule has 0 aliphatic carbocycles. The van der Waals surface area contributed by atoms with E-state index in [0.717, 1.165) is 11.4 Å². The van der Waals surface area contributed by atoms with Gasteiger partial charge < -0.3 is 0 Å². The van der Waals surface area contributed by atoms with Gasteiger partial charge in [-0.1, -0.05) is 30.3 Å². The van der Waals surface area contributed by atoms with Gasteiger partial charge in [0.15, 0.2) is 5.84 Å². The minimum absolute atomic E-state index is 0.574. The lowest BCUT2D eigenvalue weighted by Gasteiger charge is -2.01. The van der Waals surface area contributed by atoms with Crippen molar-refractivity contribution in [2.24, 2.45) is 15.3 Å². The summed E-state index contributed by atoms with van der Waals surface area (Å²) < 4.78 is 0. The second kappa shape index (κ2) is 6.44. The van der Waals surface area contributed by atoms with E-state index in [1.165, 1.54) is 5.56 Å². The van der Waals surface area contributed by atoms with Crippen molar-refractivity contribution in [1.82, 2.24) is 0 Å². The quantitative estimate of drug-likeness (QED) is 0.371. The van der Waals surface area contributed by atoms with Crippen LogP contribution in [0.15, 0.2) is 69.9 Å². The van der Waals surface area contributed by atoms with Gasteiger partial charge in [0.1, 0.15) is 0 Å². The minimum atomic E-state index is 0.574. The van der Waals surface area contributed by atoms with Crippen molar-refractivity contribution in [3.63, 3.8) is 0 Å². The molecule has 96 valence electrons. The van der Waals surface area contributed by atoms with Crippen molar-refractivity contribution >= 4 is 17.2 Å². The van der Waals surface area contributed by atoms with Crippen LogP contribution in [-0.2, 0) is 0 Å². The Morgan fingerprint density at radius 3 is 2.53 bits per heavy atom. The first-order chi connectivity index (χ1) is 9.24. The van der Waals surface area contributed by atoms with Gasteiger partial charge in [-0.25, -0.2) is 0 Å². The Labute approximate surface area is 112 Å². The molecule has 0 bridgehead atoms. The van der Waals surface area contributed by atoms with Crippen LogP contribution in [0.4, 0.5) is 11.4 Å². The molecular formula is C15H16N4. The van der Waals surface area contributed by atoms with Crippen LogP contribution in [0.5, 0.6) is 0 Å². The maximum absolute atomic E-state index is 4.16. The van der Waals surface area contributed by atoms with Crippen LogP contribution in [0.3, 0.4) is 0 Å². The zero-order chi connectivity index (χ0) is 13.5. The van der Waals surface area contributed by atoms with Gasteiger partial charge in [0.05, 0.1) is 11.4 Å². The molecule has 0 saturated heterocycles. The van der Waals surface area contributed by atoms with Gasteiger partial charge in [0, 0.05) is 0 Å². The van der Waals surface area contributed by atoms with Crippen molar-refractivity contribution in [2.45, 2.75) is 13.8 Å². The lowest BCUT2D eigenvalue weighted by molar-refractivity contribution is 1.21. The number of hydrogen-bond donors (Lipinski definition) is 1. The highest BCUT2D eigenvalue weighted by Crippen LogP contribution is 2.11. The fraction of sp³-hybridized carbons (Fsp3) is 0.133. The Balaban J connectivity index is 1.98. The van der Waals surface area contributed by atoms with Crippen molar-refractivity contribution in [3.8, 4) is 0 Å². The Kier molecular flexibility index (Phi) is 4.39. The highest BCUT2D eigenvalue weighted by atomic mass is 15.3. The summed E-state index contributed by atoms with van der Waals surface area (Å²) in [6.45, 7) is 3.84. The molecule has 0 aliphatic heterocycles. The number of rotatable bonds is 3. The summed E-state index contributed by atoms with van der Waals surface area (Å²) in [5.74, 6) is 0.574. The van der Waals surface area contributed by atoms with E-state index in [1.807, 2.05) is 61.5 Å². The molecule has 0 unspecified atom stereocenters. The molecule has 0 aromatic heterocycles. The summed E-state index contributed by atoms with van der Waals surface area (Å²) in [4.78, 5) is 0. The molecule has 0 fully saturated rings. The van der Waals surface area contributed by atoms with Crippen LogP contribution >= 0.6 is 0 Å². The first-order valence-electron chi connectivity index (χ1n) is 6.08. The normalized spacial score (nSPS) is 11.8. The lowest BCUT2D eigenvalue weighted by Crippen LogP contribution is -1.94. The Hall–Kier alpha value is -2.49. The average molecular weight is 252 g/mol. The van der Waals surface area contributed by atoms with Gasteiger partial charge in [-0.05, 0) is 43.7 Å². The van der Waals surface area contributed by atoms with Gasteiger partial charge in [-0.2, -0.15) is 5.10 Å². The first kappa shape index (κ1) is 13.0. The average Bonchev–Trinajstić information content (AvgIpc) is 2.44. The predicted molar refractivity (Wildman–Crippen MR) is 78.9 cm³/mol. The van der Waals surface area contributed by atoms with Crippen molar-refractivity contribution in [3.05, 3.63) is 60.2 Å². The third kappa shape index (κ3) is 4.35. The molecule has 2 aromatic carbocycles. The van der Waals surface area contributed by atoms with Crippen molar-refractivity contribution in [1.29, 1.82) is 0 Å². The summed E-state index contributed by atoms with van der Waals surface area (Å²) in [7, 11) is 0. The van der Waals surface area contributed by atoms with E-state index in [-0.39, 0.29) is 0 Å². The molecule has 4 nitrogen and oxygen atoms in total. The second-order valence-corrected chi connectivity index (χ2v) is 4.18. The summed E-state index contributed by atoms with van der Waals surface area (Å²) in [5, 5.41) is 12.3. The fourth-order valence-corrected chi connectivity index (χ4v) is 1.51. The number of amidine groups is 1. The molecule has 0 saturated carbocycles. The lowest BCUT2D eigenvalue weighted by atomic mass is 10.2. The Morgan fingerprint density at radius 1 is 1.00 bits per heavy atom. The number of hydrogen-bond acceptors (Lipinski definition) is 3. The van der Waals surface area contributed by atoms with E-state index >= 15 is 0 Å². The highest BCUT2D eigenvalue weighted by molar-refractivity contribution is 5.80. The summed E-state index contributed by atoms with van der Waals surface area (Å²) in [6.07, 6.45) is 0. The summed E-state index contributed by atoms with van der Waals surface area (Å²) in [6, 6.07) is 17.6. The number of azo groups is 1.